The molecular weight excluding hydrogens is 448 g/mol. The number of aliphatic hydroxyl groups is 1. The molecule has 3 N–H and O–H groups in total. The molecule has 0 saturated carbocycles. The number of amides is 1. The zero-order chi connectivity index (χ0) is 23.5. The summed E-state index contributed by atoms with van der Waals surface area (Å²) >= 11 is 1.39. The zero-order valence-electron chi connectivity index (χ0n) is 18.6. The van der Waals surface area contributed by atoms with Crippen LogP contribution in [0.4, 0.5) is 11.5 Å². The Labute approximate surface area is 202 Å². The van der Waals surface area contributed by atoms with Crippen LogP contribution in [0.1, 0.15) is 18.4 Å². The van der Waals surface area contributed by atoms with Crippen molar-refractivity contribution in [2.24, 2.45) is 0 Å². The molecule has 1 amide bonds. The number of aliphatic hydroxyl groups excluding tert-OH is 1. The Balaban J connectivity index is 1.37. The Morgan fingerprint density at radius 2 is 1.82 bits per heavy atom. The molecular formula is C26H26N4O3S. The van der Waals surface area contributed by atoms with Crippen molar-refractivity contribution >= 4 is 39.9 Å². The molecule has 0 radical (unpaired) electrons. The largest absolute Gasteiger partial charge is 0.494 e. The molecule has 34 heavy (non-hydrogen) atoms. The summed E-state index contributed by atoms with van der Waals surface area (Å²) in [7, 11) is 0. The first-order valence-electron chi connectivity index (χ1n) is 11.3. The molecule has 1 atom stereocenters. The Bertz CT molecular complexity index is 1290. The Morgan fingerprint density at radius 3 is 2.53 bits per heavy atom. The number of thioether (sulfide) groups is 1. The first-order chi connectivity index (χ1) is 16.6. The van der Waals surface area contributed by atoms with Gasteiger partial charge in [0.15, 0.2) is 5.88 Å². The second-order valence-corrected chi connectivity index (χ2v) is 9.26. The second-order valence-electron chi connectivity index (χ2n) is 8.30. The summed E-state index contributed by atoms with van der Waals surface area (Å²) in [5, 5.41) is 26.4. The van der Waals surface area contributed by atoms with Crippen LogP contribution in [0.3, 0.4) is 0 Å². The number of nitrogens with one attached hydrogen (secondary N) is 1. The van der Waals surface area contributed by atoms with E-state index in [0.29, 0.717) is 12.4 Å². The van der Waals surface area contributed by atoms with Crippen LogP contribution in [0, 0.1) is 0 Å². The van der Waals surface area contributed by atoms with Gasteiger partial charge in [-0.3, -0.25) is 4.79 Å². The molecule has 5 rings (SSSR count). The van der Waals surface area contributed by atoms with Gasteiger partial charge in [0.05, 0.1) is 17.3 Å². The zero-order valence-corrected chi connectivity index (χ0v) is 19.4. The van der Waals surface area contributed by atoms with Gasteiger partial charge in [0.1, 0.15) is 12.0 Å². The van der Waals surface area contributed by atoms with E-state index in [-0.39, 0.29) is 17.5 Å². The number of aromatic nitrogens is 2. The smallest absolute Gasteiger partial charge is 0.235 e. The first kappa shape index (κ1) is 22.3. The summed E-state index contributed by atoms with van der Waals surface area (Å²) in [5.74, 6) is 0.728. The highest BCUT2D eigenvalue weighted by Crippen LogP contribution is 2.38. The number of carbonyl (C=O) groups excluding carboxylic acids is 1. The van der Waals surface area contributed by atoms with E-state index in [1.54, 1.807) is 18.3 Å². The molecule has 2 aromatic carbocycles. The van der Waals surface area contributed by atoms with Crippen molar-refractivity contribution in [1.29, 1.82) is 0 Å². The predicted octanol–water partition coefficient (Wildman–Crippen LogP) is 4.44. The van der Waals surface area contributed by atoms with Crippen LogP contribution in [-0.4, -0.2) is 44.2 Å². The Kier molecular flexibility index (Phi) is 6.42. The van der Waals surface area contributed by atoms with Gasteiger partial charge >= 0.3 is 0 Å². The number of anilines is 2. The second kappa shape index (κ2) is 9.79. The standard InChI is InChI=1S/C26H26N4O3S/c31-23(28-22-8-3-4-14-27-22)17-34-26-21-7-2-1-6-20(21)25(33)30(26)16-18-10-12-19(13-11-18)29-15-5-9-24(29)32/h1-4,6-8,10-14,24,32-33H,5,9,15-17H2,(H,27,28,31). The molecule has 8 heteroatoms. The fraction of sp³-hybridized carbons (Fsp3) is 0.231. The van der Waals surface area contributed by atoms with Crippen LogP contribution in [0.5, 0.6) is 5.88 Å². The minimum Gasteiger partial charge on any atom is -0.494 e. The molecule has 1 fully saturated rings. The highest BCUT2D eigenvalue weighted by molar-refractivity contribution is 8.00. The van der Waals surface area contributed by atoms with Gasteiger partial charge in [0, 0.05) is 29.2 Å². The van der Waals surface area contributed by atoms with Gasteiger partial charge in [-0.05, 0) is 48.7 Å². The van der Waals surface area contributed by atoms with Crippen molar-refractivity contribution in [3.05, 3.63) is 78.5 Å². The van der Waals surface area contributed by atoms with E-state index in [1.807, 2.05) is 64.1 Å². The van der Waals surface area contributed by atoms with Crippen molar-refractivity contribution in [2.75, 3.05) is 22.5 Å². The maximum Gasteiger partial charge on any atom is 0.235 e. The lowest BCUT2D eigenvalue weighted by molar-refractivity contribution is -0.113. The molecule has 2 aromatic heterocycles. The average Bonchev–Trinajstić information content (AvgIpc) is 3.40. The molecule has 1 aliphatic rings. The molecule has 1 saturated heterocycles. The van der Waals surface area contributed by atoms with E-state index in [2.05, 4.69) is 10.3 Å². The van der Waals surface area contributed by atoms with Crippen molar-refractivity contribution < 1.29 is 15.0 Å². The predicted molar refractivity (Wildman–Crippen MR) is 135 cm³/mol. The highest BCUT2D eigenvalue weighted by atomic mass is 32.2. The normalized spacial score (nSPS) is 15.7. The van der Waals surface area contributed by atoms with Crippen LogP contribution >= 0.6 is 11.8 Å². The lowest BCUT2D eigenvalue weighted by Crippen LogP contribution is -2.28. The van der Waals surface area contributed by atoms with E-state index in [1.165, 1.54) is 11.8 Å². The summed E-state index contributed by atoms with van der Waals surface area (Å²) < 4.78 is 1.85. The Hall–Kier alpha value is -3.49. The van der Waals surface area contributed by atoms with Crippen molar-refractivity contribution in [3.8, 4) is 5.88 Å². The maximum atomic E-state index is 12.5. The van der Waals surface area contributed by atoms with Gasteiger partial charge in [0.25, 0.3) is 0 Å². The molecule has 174 valence electrons. The number of hydrogen-bond acceptors (Lipinski definition) is 6. The van der Waals surface area contributed by atoms with Gasteiger partial charge in [-0.1, -0.05) is 48.2 Å². The van der Waals surface area contributed by atoms with Crippen molar-refractivity contribution in [2.45, 2.75) is 30.6 Å². The summed E-state index contributed by atoms with van der Waals surface area (Å²) in [5.41, 5.74) is 2.02. The Morgan fingerprint density at radius 1 is 1.06 bits per heavy atom. The van der Waals surface area contributed by atoms with Crippen molar-refractivity contribution in [1.82, 2.24) is 9.55 Å². The fourth-order valence-corrected chi connectivity index (χ4v) is 5.31. The third kappa shape index (κ3) is 4.60. The average molecular weight is 475 g/mol. The molecule has 1 aliphatic heterocycles. The van der Waals surface area contributed by atoms with Crippen molar-refractivity contribution in [3.63, 3.8) is 0 Å². The molecule has 1 unspecified atom stereocenters. The number of benzene rings is 2. The van der Waals surface area contributed by atoms with E-state index >= 15 is 0 Å². The number of fused-ring (bicyclic) bond motifs is 1. The van der Waals surface area contributed by atoms with E-state index < -0.39 is 6.23 Å². The van der Waals surface area contributed by atoms with Crippen LogP contribution in [0.2, 0.25) is 0 Å². The minimum absolute atomic E-state index is 0.159. The van der Waals surface area contributed by atoms with Crippen LogP contribution in [-0.2, 0) is 11.3 Å². The quantitative estimate of drug-likeness (QED) is 0.343. The number of pyridine rings is 1. The highest BCUT2D eigenvalue weighted by Gasteiger charge is 2.22. The minimum atomic E-state index is -0.426. The third-order valence-corrected chi connectivity index (χ3v) is 7.12. The summed E-state index contributed by atoms with van der Waals surface area (Å²) in [6.45, 7) is 1.32. The lowest BCUT2D eigenvalue weighted by atomic mass is 10.2. The molecule has 3 heterocycles. The summed E-state index contributed by atoms with van der Waals surface area (Å²) in [6.07, 6.45) is 2.99. The number of hydrogen-bond donors (Lipinski definition) is 3. The van der Waals surface area contributed by atoms with E-state index in [9.17, 15) is 15.0 Å². The first-order valence-corrected chi connectivity index (χ1v) is 12.3. The molecule has 7 nitrogen and oxygen atoms in total. The van der Waals surface area contributed by atoms with Gasteiger partial charge in [0.2, 0.25) is 5.91 Å². The third-order valence-electron chi connectivity index (χ3n) is 6.00. The monoisotopic (exact) mass is 474 g/mol. The molecule has 0 bridgehead atoms. The lowest BCUT2D eigenvalue weighted by Gasteiger charge is -2.22. The number of rotatable bonds is 7. The number of carbonyl (C=O) groups is 1. The SMILES string of the molecule is O=C(CSc1c2ccccc2c(O)n1Cc1ccc(N2CCCC2O)cc1)Nc1ccccn1. The fourth-order valence-electron chi connectivity index (χ4n) is 4.33. The van der Waals surface area contributed by atoms with Crippen LogP contribution in [0.25, 0.3) is 10.8 Å². The van der Waals surface area contributed by atoms with Crippen LogP contribution < -0.4 is 10.2 Å². The topological polar surface area (TPSA) is 90.6 Å². The van der Waals surface area contributed by atoms with Gasteiger partial charge in [-0.25, -0.2) is 4.98 Å². The molecule has 0 spiro atoms. The number of aromatic hydroxyl groups is 1. The van der Waals surface area contributed by atoms with Crippen LogP contribution in [0.15, 0.2) is 78.0 Å². The number of nitrogens with zero attached hydrogens (tertiary/aromatic N) is 3. The molecule has 4 aromatic rings. The molecule has 0 aliphatic carbocycles. The van der Waals surface area contributed by atoms with Gasteiger partial charge < -0.3 is 25.0 Å². The maximum absolute atomic E-state index is 12.5. The van der Waals surface area contributed by atoms with Gasteiger partial charge in [-0.2, -0.15) is 0 Å². The van der Waals surface area contributed by atoms with Gasteiger partial charge in [-0.15, -0.1) is 0 Å². The summed E-state index contributed by atoms with van der Waals surface area (Å²) in [6, 6.07) is 21.1. The van der Waals surface area contributed by atoms with E-state index in [4.69, 9.17) is 0 Å². The summed E-state index contributed by atoms with van der Waals surface area (Å²) in [4.78, 5) is 18.7. The van der Waals surface area contributed by atoms with E-state index in [0.717, 1.165) is 46.4 Å².